The number of rotatable bonds is 2. The van der Waals surface area contributed by atoms with Crippen LogP contribution in [0.15, 0.2) is 30.5 Å². The Morgan fingerprint density at radius 3 is 2.67 bits per heavy atom. The molecule has 0 spiro atoms. The first kappa shape index (κ1) is 12.7. The maximum atomic E-state index is 9.10. The second-order valence-electron chi connectivity index (χ2n) is 3.51. The lowest BCUT2D eigenvalue weighted by Gasteiger charge is -2.08. The lowest BCUT2D eigenvalue weighted by Crippen LogP contribution is -1.91. The fraction of sp³-hybridized carbons (Fsp3) is 0.0769. The van der Waals surface area contributed by atoms with Crippen molar-refractivity contribution in [1.29, 1.82) is 5.26 Å². The van der Waals surface area contributed by atoms with E-state index in [1.54, 1.807) is 24.3 Å². The smallest absolute Gasteiger partial charge is 0.213 e. The summed E-state index contributed by atoms with van der Waals surface area (Å²) in [5.74, 6) is 0.429. The standard InChI is InChI=1S/C13H8Cl2N2O/c1-18-13-5-11(12(15)7-17-13)10-4-9(14)3-2-8(10)6-16/h2-5,7H,1H3. The van der Waals surface area contributed by atoms with E-state index in [-0.39, 0.29) is 0 Å². The van der Waals surface area contributed by atoms with Crippen LogP contribution in [0.2, 0.25) is 10.0 Å². The maximum absolute atomic E-state index is 9.10. The first-order valence-electron chi connectivity index (χ1n) is 5.05. The number of methoxy groups -OCH3 is 1. The molecule has 0 radical (unpaired) electrons. The van der Waals surface area contributed by atoms with Crippen molar-refractivity contribution in [1.82, 2.24) is 4.98 Å². The molecule has 0 fully saturated rings. The summed E-state index contributed by atoms with van der Waals surface area (Å²) in [6.07, 6.45) is 1.48. The summed E-state index contributed by atoms with van der Waals surface area (Å²) in [5, 5.41) is 10.1. The molecule has 1 aromatic heterocycles. The Morgan fingerprint density at radius 2 is 2.00 bits per heavy atom. The SMILES string of the molecule is COc1cc(-c2cc(Cl)ccc2C#N)c(Cl)cn1. The van der Waals surface area contributed by atoms with Crippen molar-refractivity contribution in [3.05, 3.63) is 46.1 Å². The van der Waals surface area contributed by atoms with Crippen molar-refractivity contribution in [3.8, 4) is 23.1 Å². The number of nitriles is 1. The summed E-state index contributed by atoms with van der Waals surface area (Å²) in [4.78, 5) is 3.99. The minimum atomic E-state index is 0.429. The van der Waals surface area contributed by atoms with Crippen molar-refractivity contribution >= 4 is 23.2 Å². The van der Waals surface area contributed by atoms with E-state index in [1.807, 2.05) is 0 Å². The number of hydrogen-bond acceptors (Lipinski definition) is 3. The molecule has 1 aromatic carbocycles. The van der Waals surface area contributed by atoms with Gasteiger partial charge >= 0.3 is 0 Å². The average molecular weight is 279 g/mol. The van der Waals surface area contributed by atoms with E-state index in [4.69, 9.17) is 33.2 Å². The maximum Gasteiger partial charge on any atom is 0.213 e. The van der Waals surface area contributed by atoms with Crippen LogP contribution in [0, 0.1) is 11.3 Å². The van der Waals surface area contributed by atoms with Gasteiger partial charge in [-0.25, -0.2) is 4.98 Å². The highest BCUT2D eigenvalue weighted by Crippen LogP contribution is 2.33. The van der Waals surface area contributed by atoms with Crippen LogP contribution in [0.25, 0.3) is 11.1 Å². The van der Waals surface area contributed by atoms with Crippen LogP contribution in [0.5, 0.6) is 5.88 Å². The molecular formula is C13H8Cl2N2O. The molecule has 2 rings (SSSR count). The number of halogens is 2. The number of nitrogens with zero attached hydrogens (tertiary/aromatic N) is 2. The molecule has 0 unspecified atom stereocenters. The van der Waals surface area contributed by atoms with Crippen LogP contribution in [-0.2, 0) is 0 Å². The van der Waals surface area contributed by atoms with E-state index in [9.17, 15) is 0 Å². The highest BCUT2D eigenvalue weighted by molar-refractivity contribution is 6.33. The molecule has 1 heterocycles. The molecule has 0 saturated carbocycles. The van der Waals surface area contributed by atoms with E-state index in [0.717, 1.165) is 0 Å². The third-order valence-corrected chi connectivity index (χ3v) is 2.97. The van der Waals surface area contributed by atoms with Gasteiger partial charge in [0.15, 0.2) is 0 Å². The highest BCUT2D eigenvalue weighted by Gasteiger charge is 2.11. The number of hydrogen-bond donors (Lipinski definition) is 0. The molecule has 90 valence electrons. The molecule has 18 heavy (non-hydrogen) atoms. The van der Waals surface area contributed by atoms with Gasteiger partial charge in [0.1, 0.15) is 0 Å². The molecule has 0 amide bonds. The lowest BCUT2D eigenvalue weighted by molar-refractivity contribution is 0.398. The van der Waals surface area contributed by atoms with Crippen LogP contribution < -0.4 is 4.74 Å². The molecule has 0 bridgehead atoms. The first-order valence-corrected chi connectivity index (χ1v) is 5.81. The fourth-order valence-electron chi connectivity index (χ4n) is 1.57. The summed E-state index contributed by atoms with van der Waals surface area (Å²) >= 11 is 12.0. The summed E-state index contributed by atoms with van der Waals surface area (Å²) in [6, 6.07) is 8.79. The molecule has 0 N–H and O–H groups in total. The van der Waals surface area contributed by atoms with Gasteiger partial charge < -0.3 is 4.74 Å². The van der Waals surface area contributed by atoms with Crippen molar-refractivity contribution < 1.29 is 4.74 Å². The quantitative estimate of drug-likeness (QED) is 0.836. The zero-order valence-electron chi connectivity index (χ0n) is 9.45. The van der Waals surface area contributed by atoms with E-state index in [1.165, 1.54) is 13.3 Å². The normalized spacial score (nSPS) is 9.89. The van der Waals surface area contributed by atoms with Crippen LogP contribution in [0.4, 0.5) is 0 Å². The first-order chi connectivity index (χ1) is 8.65. The molecule has 2 aromatic rings. The number of pyridine rings is 1. The summed E-state index contributed by atoms with van der Waals surface area (Å²) in [7, 11) is 1.52. The van der Waals surface area contributed by atoms with Crippen molar-refractivity contribution in [2.75, 3.05) is 7.11 Å². The average Bonchev–Trinajstić information content (AvgIpc) is 2.39. The van der Waals surface area contributed by atoms with Gasteiger partial charge in [0.2, 0.25) is 5.88 Å². The molecule has 0 aliphatic heterocycles. The van der Waals surface area contributed by atoms with Gasteiger partial charge in [-0.3, -0.25) is 0 Å². The largest absolute Gasteiger partial charge is 0.481 e. The minimum absolute atomic E-state index is 0.429. The van der Waals surface area contributed by atoms with Crippen LogP contribution >= 0.6 is 23.2 Å². The van der Waals surface area contributed by atoms with Gasteiger partial charge in [0.05, 0.1) is 30.0 Å². The lowest BCUT2D eigenvalue weighted by atomic mass is 10.0. The van der Waals surface area contributed by atoms with Gasteiger partial charge in [0, 0.05) is 22.2 Å². The predicted octanol–water partition coefficient (Wildman–Crippen LogP) is 3.94. The van der Waals surface area contributed by atoms with Crippen LogP contribution in [0.1, 0.15) is 5.56 Å². The second-order valence-corrected chi connectivity index (χ2v) is 4.35. The summed E-state index contributed by atoms with van der Waals surface area (Å²) in [5.41, 5.74) is 1.83. The Labute approximate surface area is 115 Å². The Hall–Kier alpha value is -1.76. The predicted molar refractivity (Wildman–Crippen MR) is 71.0 cm³/mol. The van der Waals surface area contributed by atoms with E-state index >= 15 is 0 Å². The Kier molecular flexibility index (Phi) is 3.71. The van der Waals surface area contributed by atoms with Gasteiger partial charge in [-0.1, -0.05) is 23.2 Å². The van der Waals surface area contributed by atoms with Crippen molar-refractivity contribution in [2.45, 2.75) is 0 Å². The minimum Gasteiger partial charge on any atom is -0.481 e. The third kappa shape index (κ3) is 2.40. The Balaban J connectivity index is 2.68. The molecule has 5 heteroatoms. The van der Waals surface area contributed by atoms with Crippen molar-refractivity contribution in [2.24, 2.45) is 0 Å². The zero-order valence-corrected chi connectivity index (χ0v) is 11.0. The molecule has 0 saturated heterocycles. The van der Waals surface area contributed by atoms with Gasteiger partial charge in [-0.05, 0) is 18.2 Å². The fourth-order valence-corrected chi connectivity index (χ4v) is 1.95. The van der Waals surface area contributed by atoms with Crippen molar-refractivity contribution in [3.63, 3.8) is 0 Å². The number of benzene rings is 1. The molecular weight excluding hydrogens is 271 g/mol. The van der Waals surface area contributed by atoms with E-state index in [2.05, 4.69) is 11.1 Å². The summed E-state index contributed by atoms with van der Waals surface area (Å²) in [6.45, 7) is 0. The van der Waals surface area contributed by atoms with Crippen LogP contribution in [-0.4, -0.2) is 12.1 Å². The highest BCUT2D eigenvalue weighted by atomic mass is 35.5. The molecule has 0 aliphatic rings. The Morgan fingerprint density at radius 1 is 1.22 bits per heavy atom. The van der Waals surface area contributed by atoms with Gasteiger partial charge in [-0.15, -0.1) is 0 Å². The third-order valence-electron chi connectivity index (χ3n) is 2.43. The monoisotopic (exact) mass is 278 g/mol. The van der Waals surface area contributed by atoms with E-state index < -0.39 is 0 Å². The number of ether oxygens (including phenoxy) is 1. The topological polar surface area (TPSA) is 45.9 Å². The van der Waals surface area contributed by atoms with Gasteiger partial charge in [0.25, 0.3) is 0 Å². The number of aromatic nitrogens is 1. The van der Waals surface area contributed by atoms with Crippen LogP contribution in [0.3, 0.4) is 0 Å². The van der Waals surface area contributed by atoms with E-state index in [0.29, 0.717) is 32.6 Å². The Bertz CT molecular complexity index is 635. The molecule has 0 atom stereocenters. The molecule has 0 aliphatic carbocycles. The summed E-state index contributed by atoms with van der Waals surface area (Å²) < 4.78 is 5.05. The van der Waals surface area contributed by atoms with Gasteiger partial charge in [-0.2, -0.15) is 5.26 Å². The zero-order chi connectivity index (χ0) is 13.1. The second kappa shape index (κ2) is 5.26. The molecule has 3 nitrogen and oxygen atoms in total.